The fourth-order valence-electron chi connectivity index (χ4n) is 1.85. The number of hydrogen-bond acceptors (Lipinski definition) is 0. The molecule has 1 aromatic carbocycles. The van der Waals surface area contributed by atoms with E-state index in [1.54, 1.807) is 26.1 Å². The maximum Gasteiger partial charge on any atom is 0.215 e. The second-order valence-electron chi connectivity index (χ2n) is 4.03. The van der Waals surface area contributed by atoms with E-state index in [4.69, 9.17) is 8.22 Å². The van der Waals surface area contributed by atoms with Gasteiger partial charge < -0.3 is 0 Å². The number of halogens is 1. The molecule has 0 saturated heterocycles. The molecule has 88 valence electrons. The lowest BCUT2D eigenvalue weighted by Crippen LogP contribution is -2.32. The highest BCUT2D eigenvalue weighted by Gasteiger charge is 2.17. The standard InChI is InChI=1S/C15H17FN/c1-10-6-5-7-13(16)15(10)14-8-11(2)12(3)9-17(14)4/h5-9H,1-4H3/q+1/i2D3,3D3. The zero-order chi connectivity index (χ0) is 17.6. The molecule has 0 unspecified atom stereocenters. The summed E-state index contributed by atoms with van der Waals surface area (Å²) in [6.07, 6.45) is 1.25. The van der Waals surface area contributed by atoms with Crippen LogP contribution < -0.4 is 4.57 Å². The molecule has 1 nitrogen and oxygen atoms in total. The van der Waals surface area contributed by atoms with E-state index >= 15 is 0 Å². The second kappa shape index (κ2) is 4.28. The van der Waals surface area contributed by atoms with Crippen molar-refractivity contribution in [2.24, 2.45) is 7.05 Å². The molecule has 2 heteroatoms. The molecule has 0 radical (unpaired) electrons. The maximum atomic E-state index is 14.2. The van der Waals surface area contributed by atoms with Crippen molar-refractivity contribution in [1.82, 2.24) is 0 Å². The van der Waals surface area contributed by atoms with Crippen molar-refractivity contribution in [2.75, 3.05) is 0 Å². The normalized spacial score (nSPS) is 17.4. The first kappa shape index (κ1) is 6.29. The molecule has 0 atom stereocenters. The highest BCUT2D eigenvalue weighted by Crippen LogP contribution is 2.24. The number of hydrogen-bond donors (Lipinski definition) is 0. The molecule has 0 spiro atoms. The molecule has 1 aromatic heterocycles. The van der Waals surface area contributed by atoms with Gasteiger partial charge in [-0.2, -0.15) is 0 Å². The molecule has 17 heavy (non-hydrogen) atoms. The smallest absolute Gasteiger partial charge is 0.206 e. The van der Waals surface area contributed by atoms with Gasteiger partial charge in [-0.1, -0.05) is 12.1 Å². The Labute approximate surface area is 110 Å². The molecular weight excluding hydrogens is 213 g/mol. The van der Waals surface area contributed by atoms with Gasteiger partial charge in [-0.25, -0.2) is 8.96 Å². The monoisotopic (exact) mass is 236 g/mol. The topological polar surface area (TPSA) is 3.88 Å². The van der Waals surface area contributed by atoms with Gasteiger partial charge in [0.1, 0.15) is 12.9 Å². The van der Waals surface area contributed by atoms with Gasteiger partial charge in [-0.3, -0.25) is 0 Å². The maximum absolute atomic E-state index is 14.2. The van der Waals surface area contributed by atoms with E-state index < -0.39 is 19.5 Å². The molecule has 0 bridgehead atoms. The number of nitrogens with zero attached hydrogens (tertiary/aromatic N) is 1. The number of aromatic nitrogens is 1. The molecule has 2 aromatic rings. The predicted octanol–water partition coefficient (Wildman–Crippen LogP) is 3.24. The van der Waals surface area contributed by atoms with Gasteiger partial charge in [0.05, 0.1) is 5.56 Å². The van der Waals surface area contributed by atoms with Crippen LogP contribution in [-0.2, 0) is 7.05 Å². The molecule has 0 saturated carbocycles. The van der Waals surface area contributed by atoms with Crippen LogP contribution >= 0.6 is 0 Å². The summed E-state index contributed by atoms with van der Waals surface area (Å²) in [5.41, 5.74) is 0.682. The summed E-state index contributed by atoms with van der Waals surface area (Å²) in [6, 6.07) is 5.82. The minimum atomic E-state index is -2.61. The van der Waals surface area contributed by atoms with Gasteiger partial charge in [-0.15, -0.1) is 0 Å². The van der Waals surface area contributed by atoms with Crippen LogP contribution in [0, 0.1) is 26.4 Å². The first-order chi connectivity index (χ1) is 10.4. The number of pyridine rings is 1. The number of aryl methyl sites for hydroxylation is 4. The van der Waals surface area contributed by atoms with Crippen molar-refractivity contribution in [3.63, 3.8) is 0 Å². The Kier molecular flexibility index (Phi) is 1.59. The molecule has 0 fully saturated rings. The van der Waals surface area contributed by atoms with E-state index in [-0.39, 0.29) is 16.7 Å². The average Bonchev–Trinajstić information content (AvgIpc) is 2.37. The fraction of sp³-hybridized carbons (Fsp3) is 0.267. The Morgan fingerprint density at radius 1 is 1.18 bits per heavy atom. The predicted molar refractivity (Wildman–Crippen MR) is 67.2 cm³/mol. The quantitative estimate of drug-likeness (QED) is 0.669. The second-order valence-corrected chi connectivity index (χ2v) is 4.03. The Morgan fingerprint density at radius 2 is 1.94 bits per heavy atom. The Morgan fingerprint density at radius 3 is 2.59 bits per heavy atom. The first-order valence-corrected chi connectivity index (χ1v) is 5.23. The summed E-state index contributed by atoms with van der Waals surface area (Å²) < 4.78 is 61.1. The summed E-state index contributed by atoms with van der Waals surface area (Å²) >= 11 is 0. The lowest BCUT2D eigenvalue weighted by Gasteiger charge is -2.07. The highest BCUT2D eigenvalue weighted by atomic mass is 19.1. The van der Waals surface area contributed by atoms with Gasteiger partial charge in [0.2, 0.25) is 5.69 Å². The minimum Gasteiger partial charge on any atom is -0.206 e. The van der Waals surface area contributed by atoms with Crippen molar-refractivity contribution in [2.45, 2.75) is 20.6 Å². The summed E-state index contributed by atoms with van der Waals surface area (Å²) in [4.78, 5) is 0. The summed E-state index contributed by atoms with van der Waals surface area (Å²) in [7, 11) is 1.57. The van der Waals surface area contributed by atoms with Crippen molar-refractivity contribution < 1.29 is 17.2 Å². The zero-order valence-electron chi connectivity index (χ0n) is 15.7. The van der Waals surface area contributed by atoms with Gasteiger partial charge in [0, 0.05) is 19.9 Å². The molecule has 2 rings (SSSR count). The van der Waals surface area contributed by atoms with Crippen LogP contribution in [0.3, 0.4) is 0 Å². The van der Waals surface area contributed by atoms with E-state index in [1.807, 2.05) is 0 Å². The van der Waals surface area contributed by atoms with Crippen LogP contribution in [0.15, 0.2) is 30.5 Å². The van der Waals surface area contributed by atoms with Crippen LogP contribution in [0.4, 0.5) is 4.39 Å². The Hall–Kier alpha value is -1.70. The van der Waals surface area contributed by atoms with Crippen molar-refractivity contribution in [3.05, 3.63) is 53.0 Å². The van der Waals surface area contributed by atoms with E-state index in [0.29, 0.717) is 11.3 Å². The van der Waals surface area contributed by atoms with E-state index in [9.17, 15) is 4.39 Å². The van der Waals surface area contributed by atoms with Gasteiger partial charge in [-0.05, 0) is 37.8 Å². The fourth-order valence-corrected chi connectivity index (χ4v) is 1.85. The first-order valence-electron chi connectivity index (χ1n) is 8.23. The van der Waals surface area contributed by atoms with E-state index in [1.165, 1.54) is 22.9 Å². The highest BCUT2D eigenvalue weighted by molar-refractivity contribution is 5.62. The molecule has 0 N–H and O–H groups in total. The van der Waals surface area contributed by atoms with Gasteiger partial charge in [0.15, 0.2) is 6.20 Å². The summed E-state index contributed by atoms with van der Waals surface area (Å²) in [5, 5.41) is 0. The minimum absolute atomic E-state index is 0.252. The number of benzene rings is 1. The van der Waals surface area contributed by atoms with E-state index in [2.05, 4.69) is 0 Å². The molecule has 0 aliphatic rings. The van der Waals surface area contributed by atoms with Crippen LogP contribution in [0.5, 0.6) is 0 Å². The molecule has 0 aliphatic carbocycles. The Balaban J connectivity index is 2.83. The van der Waals surface area contributed by atoms with E-state index in [0.717, 1.165) is 0 Å². The molecule has 0 aliphatic heterocycles. The summed E-state index contributed by atoms with van der Waals surface area (Å²) in [5.74, 6) is -0.487. The molecule has 1 heterocycles. The lowest BCUT2D eigenvalue weighted by molar-refractivity contribution is -0.660. The van der Waals surface area contributed by atoms with Gasteiger partial charge >= 0.3 is 0 Å². The van der Waals surface area contributed by atoms with Crippen LogP contribution in [0.1, 0.15) is 24.9 Å². The van der Waals surface area contributed by atoms with Crippen molar-refractivity contribution >= 4 is 0 Å². The Bertz CT molecular complexity index is 729. The zero-order valence-corrected chi connectivity index (χ0v) is 9.71. The molecular formula is C15H17FN+. The third kappa shape index (κ3) is 2.07. The third-order valence-electron chi connectivity index (χ3n) is 2.75. The largest absolute Gasteiger partial charge is 0.215 e. The van der Waals surface area contributed by atoms with Gasteiger partial charge in [0.25, 0.3) is 0 Å². The van der Waals surface area contributed by atoms with Crippen LogP contribution in [0.2, 0.25) is 0 Å². The SMILES string of the molecule is [2H]C([2H])([2H])c1cc(-c2c(C)cccc2F)[n+](C)cc1C([2H])([2H])[2H]. The average molecular weight is 236 g/mol. The van der Waals surface area contributed by atoms with Crippen LogP contribution in [0.25, 0.3) is 11.3 Å². The molecule has 0 amide bonds. The lowest BCUT2D eigenvalue weighted by atomic mass is 10.0. The van der Waals surface area contributed by atoms with Crippen LogP contribution in [-0.4, -0.2) is 0 Å². The summed E-state index contributed by atoms with van der Waals surface area (Å²) in [6.45, 7) is -3.46. The van der Waals surface area contributed by atoms with Crippen molar-refractivity contribution in [1.29, 1.82) is 0 Å². The third-order valence-corrected chi connectivity index (χ3v) is 2.75. The van der Waals surface area contributed by atoms with Crippen molar-refractivity contribution in [3.8, 4) is 11.3 Å². The number of rotatable bonds is 1.